The molecule has 0 aliphatic rings. The maximum atomic E-state index is 13.5. The third kappa shape index (κ3) is 4.86. The van der Waals surface area contributed by atoms with Crippen molar-refractivity contribution in [3.63, 3.8) is 0 Å². The summed E-state index contributed by atoms with van der Waals surface area (Å²) in [5.41, 5.74) is -4.16. The maximum absolute atomic E-state index is 13.5. The minimum Gasteiger partial charge on any atom is -0.268 e. The molecule has 3 aromatic rings. The van der Waals surface area contributed by atoms with Gasteiger partial charge in [-0.3, -0.25) is 13.9 Å². The number of hydrogen-bond acceptors (Lipinski definition) is 5. The van der Waals surface area contributed by atoms with Crippen molar-refractivity contribution in [1.29, 1.82) is 0 Å². The molecule has 0 atom stereocenters. The van der Waals surface area contributed by atoms with E-state index in [-0.39, 0.29) is 10.3 Å². The van der Waals surface area contributed by atoms with Gasteiger partial charge in [0.15, 0.2) is 18.2 Å². The second kappa shape index (κ2) is 8.28. The summed E-state index contributed by atoms with van der Waals surface area (Å²) in [4.78, 5) is 16.1. The van der Waals surface area contributed by atoms with Crippen LogP contribution >= 0.6 is 0 Å². The largest absolute Gasteiger partial charge is 0.455 e. The molecule has 0 saturated carbocycles. The highest BCUT2D eigenvalue weighted by Gasteiger charge is 2.57. The van der Waals surface area contributed by atoms with Crippen LogP contribution in [0.15, 0.2) is 35.5 Å². The van der Waals surface area contributed by atoms with E-state index in [2.05, 4.69) is 22.6 Å². The van der Waals surface area contributed by atoms with Crippen molar-refractivity contribution in [2.24, 2.45) is 0 Å². The van der Waals surface area contributed by atoms with Crippen LogP contribution in [0.4, 0.5) is 35.1 Å². The van der Waals surface area contributed by atoms with E-state index in [0.717, 1.165) is 4.40 Å². The maximum Gasteiger partial charge on any atom is 0.455 e. The quantitative estimate of drug-likeness (QED) is 0.541. The minimum absolute atomic E-state index is 0.117. The third-order valence-corrected chi connectivity index (χ3v) is 3.95. The summed E-state index contributed by atoms with van der Waals surface area (Å²) in [5, 5.41) is 3.24. The average Bonchev–Trinajstić information content (AvgIpc) is 3.08. The molecule has 0 saturated heterocycles. The zero-order valence-electron chi connectivity index (χ0n) is 15.1. The summed E-state index contributed by atoms with van der Waals surface area (Å²) < 4.78 is 113. The molecule has 0 aromatic carbocycles. The molecule has 3 heterocycles. The first kappa shape index (κ1) is 24.3. The molecule has 3 aromatic heterocycles. The molecule has 0 bridgehead atoms. The van der Waals surface area contributed by atoms with Gasteiger partial charge in [-0.15, -0.1) is 0 Å². The van der Waals surface area contributed by atoms with Gasteiger partial charge in [0, 0.05) is 18.0 Å². The van der Waals surface area contributed by atoms with Crippen molar-refractivity contribution in [2.75, 3.05) is 0 Å². The molecule has 0 radical (unpaired) electrons. The van der Waals surface area contributed by atoms with Gasteiger partial charge in [-0.25, -0.2) is 4.98 Å². The molecule has 3 rings (SSSR count). The Kier molecular flexibility index (Phi) is 6.49. The Hall–Kier alpha value is -2.97. The first-order valence-electron chi connectivity index (χ1n) is 7.95. The molecule has 6 nitrogen and oxygen atoms in total. The van der Waals surface area contributed by atoms with E-state index in [9.17, 15) is 39.9 Å². The monoisotopic (exact) mass is 474 g/mol. The van der Waals surface area contributed by atoms with Crippen molar-refractivity contribution in [3.8, 4) is 11.1 Å². The molecule has 0 N–H and O–H groups in total. The third-order valence-electron chi connectivity index (χ3n) is 3.95. The van der Waals surface area contributed by atoms with E-state index in [4.69, 9.17) is 4.21 Å². The van der Waals surface area contributed by atoms with Gasteiger partial charge in [0.05, 0.1) is 11.8 Å². The highest BCUT2D eigenvalue weighted by atomic mass is 32.1. The average molecular weight is 474 g/mol. The van der Waals surface area contributed by atoms with Crippen LogP contribution in [0.5, 0.6) is 0 Å². The number of rotatable bonds is 3. The predicted molar refractivity (Wildman–Crippen MR) is 91.6 cm³/mol. The van der Waals surface area contributed by atoms with E-state index in [1.54, 1.807) is 6.92 Å². The van der Waals surface area contributed by atoms with Gasteiger partial charge >= 0.3 is 18.3 Å². The number of pyridine rings is 1. The summed E-state index contributed by atoms with van der Waals surface area (Å²) >= 11 is 2.83. The highest BCUT2D eigenvalue weighted by Crippen LogP contribution is 2.37. The Balaban J connectivity index is 0.00000166. The Labute approximate surface area is 172 Å². The predicted octanol–water partition coefficient (Wildman–Crippen LogP) is 3.75. The molecule has 0 fully saturated rings. The van der Waals surface area contributed by atoms with Crippen molar-refractivity contribution in [1.82, 2.24) is 19.2 Å². The van der Waals surface area contributed by atoms with Crippen LogP contribution in [0.1, 0.15) is 11.3 Å². The fourth-order valence-electron chi connectivity index (χ4n) is 2.58. The summed E-state index contributed by atoms with van der Waals surface area (Å²) in [7, 11) is 0. The van der Waals surface area contributed by atoms with Gasteiger partial charge in [0.1, 0.15) is 12.2 Å². The van der Waals surface area contributed by atoms with Gasteiger partial charge in [0.25, 0.3) is 5.56 Å². The lowest BCUT2D eigenvalue weighted by atomic mass is 10.1. The van der Waals surface area contributed by atoms with Crippen molar-refractivity contribution in [3.05, 3.63) is 52.3 Å². The molecule has 0 amide bonds. The lowest BCUT2D eigenvalue weighted by molar-refractivity contribution is -0.287. The first-order valence-corrected chi connectivity index (χ1v) is 8.28. The Morgan fingerprint density at radius 2 is 1.68 bits per heavy atom. The van der Waals surface area contributed by atoms with Crippen molar-refractivity contribution in [2.45, 2.75) is 31.7 Å². The minimum atomic E-state index is -5.88. The molecular weight excluding hydrogens is 464 g/mol. The number of fused-ring (bicyclic) bond motifs is 1. The number of hydrogen-bond donors (Lipinski definition) is 0. The SMILES string of the molecule is Cc1ccn2c(=O)c(-c3cnn(CC(F)(F)C(F)(F)F)c3)c(C(F)(F)F)nc2c1.O=S. The van der Waals surface area contributed by atoms with Gasteiger partial charge in [-0.2, -0.15) is 44.4 Å². The summed E-state index contributed by atoms with van der Waals surface area (Å²) in [5.74, 6) is -5.17. The molecular formula is C16H10F8N4O2S. The van der Waals surface area contributed by atoms with Crippen molar-refractivity contribution < 1.29 is 39.3 Å². The first-order chi connectivity index (χ1) is 14.2. The Morgan fingerprint density at radius 3 is 2.23 bits per heavy atom. The van der Waals surface area contributed by atoms with E-state index in [1.807, 2.05) is 0 Å². The zero-order chi connectivity index (χ0) is 23.8. The number of aromatic nitrogens is 4. The van der Waals surface area contributed by atoms with E-state index in [1.165, 1.54) is 18.3 Å². The topological polar surface area (TPSA) is 69.3 Å². The number of aryl methyl sites for hydroxylation is 1. The number of nitrogens with zero attached hydrogens (tertiary/aromatic N) is 4. The zero-order valence-corrected chi connectivity index (χ0v) is 15.9. The second-order valence-corrected chi connectivity index (χ2v) is 6.20. The van der Waals surface area contributed by atoms with Gasteiger partial charge < -0.3 is 0 Å². The van der Waals surface area contributed by atoms with Crippen LogP contribution in [-0.4, -0.2) is 35.5 Å². The lowest BCUT2D eigenvalue weighted by Gasteiger charge is -2.19. The van der Waals surface area contributed by atoms with Crippen LogP contribution < -0.4 is 5.56 Å². The van der Waals surface area contributed by atoms with Gasteiger partial charge in [0.2, 0.25) is 0 Å². The standard InChI is InChI=1S/C16H10F8N4O.OS/c1-8-2-3-28-10(4-8)26-12(15(19,20)21)11(13(28)29)9-5-25-27(6-9)7-14(17,18)16(22,23)24;1-2/h2-6H,7H2,1H3;. The van der Waals surface area contributed by atoms with Gasteiger partial charge in [-0.05, 0) is 24.6 Å². The molecule has 0 unspecified atom stereocenters. The highest BCUT2D eigenvalue weighted by molar-refractivity contribution is 7.44. The van der Waals surface area contributed by atoms with Crippen LogP contribution in [-0.2, 0) is 25.3 Å². The molecule has 0 aliphatic heterocycles. The molecule has 0 aliphatic carbocycles. The smallest absolute Gasteiger partial charge is 0.268 e. The number of alkyl halides is 8. The van der Waals surface area contributed by atoms with Crippen LogP contribution in [0.3, 0.4) is 0 Å². The number of halogens is 8. The summed E-state index contributed by atoms with van der Waals surface area (Å²) in [6.07, 6.45) is -8.69. The Bertz CT molecular complexity index is 1150. The molecule has 168 valence electrons. The second-order valence-electron chi connectivity index (χ2n) is 6.20. The Morgan fingerprint density at radius 1 is 1.06 bits per heavy atom. The molecule has 0 spiro atoms. The normalized spacial score (nSPS) is 12.5. The van der Waals surface area contributed by atoms with Crippen molar-refractivity contribution >= 4 is 18.2 Å². The fourth-order valence-corrected chi connectivity index (χ4v) is 2.58. The van der Waals surface area contributed by atoms with Crippen LogP contribution in [0, 0.1) is 6.92 Å². The van der Waals surface area contributed by atoms with Crippen LogP contribution in [0.2, 0.25) is 0 Å². The fraction of sp³-hybridized carbons (Fsp3) is 0.312. The summed E-state index contributed by atoms with van der Waals surface area (Å²) in [6.45, 7) is -0.391. The van der Waals surface area contributed by atoms with E-state index < -0.39 is 47.2 Å². The molecule has 31 heavy (non-hydrogen) atoms. The molecule has 15 heteroatoms. The lowest BCUT2D eigenvalue weighted by Crippen LogP contribution is -2.40. The van der Waals surface area contributed by atoms with Gasteiger partial charge in [-0.1, -0.05) is 0 Å². The van der Waals surface area contributed by atoms with Crippen LogP contribution in [0.25, 0.3) is 16.8 Å². The van der Waals surface area contributed by atoms with E-state index in [0.29, 0.717) is 18.0 Å². The van der Waals surface area contributed by atoms with E-state index >= 15 is 0 Å². The summed E-state index contributed by atoms with van der Waals surface area (Å²) in [6, 6.07) is 2.66.